The van der Waals surface area contributed by atoms with Crippen LogP contribution in [0.1, 0.15) is 23.4 Å². The normalized spacial score (nSPS) is 13.6. The molecule has 0 aliphatic rings. The van der Waals surface area contributed by atoms with Gasteiger partial charge in [-0.2, -0.15) is 5.26 Å². The van der Waals surface area contributed by atoms with Crippen LogP contribution in [0.3, 0.4) is 0 Å². The number of thiophene rings is 1. The molecule has 2 atom stereocenters. The van der Waals surface area contributed by atoms with E-state index in [9.17, 15) is 0 Å². The number of nitriles is 1. The van der Waals surface area contributed by atoms with E-state index in [0.29, 0.717) is 5.56 Å². The van der Waals surface area contributed by atoms with Gasteiger partial charge in [-0.1, -0.05) is 6.07 Å². The summed E-state index contributed by atoms with van der Waals surface area (Å²) in [5.41, 5.74) is 7.87. The SMILES string of the molecule is CC(N)C(c1cccs1)N(C)c1ccc(C#N)cc1. The first kappa shape index (κ1) is 13.6. The molecule has 0 amide bonds. The van der Waals surface area contributed by atoms with Crippen molar-refractivity contribution in [2.24, 2.45) is 5.73 Å². The second-order valence-electron chi connectivity index (χ2n) is 4.59. The lowest BCUT2D eigenvalue weighted by atomic mass is 10.1. The number of hydrogen-bond acceptors (Lipinski definition) is 4. The average molecular weight is 271 g/mol. The summed E-state index contributed by atoms with van der Waals surface area (Å²) in [6, 6.07) is 14.0. The van der Waals surface area contributed by atoms with Crippen LogP contribution >= 0.6 is 11.3 Å². The zero-order valence-corrected chi connectivity index (χ0v) is 11.9. The number of rotatable bonds is 4. The van der Waals surface area contributed by atoms with Crippen LogP contribution in [0, 0.1) is 11.3 Å². The van der Waals surface area contributed by atoms with E-state index in [1.807, 2.05) is 44.3 Å². The third kappa shape index (κ3) is 2.95. The minimum Gasteiger partial charge on any atom is -0.365 e. The van der Waals surface area contributed by atoms with Crippen molar-refractivity contribution >= 4 is 17.0 Å². The first-order valence-corrected chi connectivity index (χ1v) is 7.03. The van der Waals surface area contributed by atoms with Crippen molar-refractivity contribution in [1.29, 1.82) is 5.26 Å². The van der Waals surface area contributed by atoms with Gasteiger partial charge in [-0.25, -0.2) is 0 Å². The second-order valence-corrected chi connectivity index (χ2v) is 5.57. The van der Waals surface area contributed by atoms with Gasteiger partial charge in [-0.15, -0.1) is 11.3 Å². The van der Waals surface area contributed by atoms with Crippen LogP contribution < -0.4 is 10.6 Å². The Bertz CT molecular complexity index is 552. The van der Waals surface area contributed by atoms with Crippen LogP contribution in [0.5, 0.6) is 0 Å². The highest BCUT2D eigenvalue weighted by Crippen LogP contribution is 2.30. The molecule has 0 saturated heterocycles. The number of benzene rings is 1. The molecule has 1 aromatic carbocycles. The smallest absolute Gasteiger partial charge is 0.0991 e. The van der Waals surface area contributed by atoms with E-state index in [4.69, 9.17) is 11.0 Å². The van der Waals surface area contributed by atoms with Crippen LogP contribution in [-0.2, 0) is 0 Å². The van der Waals surface area contributed by atoms with Gasteiger partial charge < -0.3 is 10.6 Å². The Morgan fingerprint density at radius 2 is 1.95 bits per heavy atom. The molecule has 98 valence electrons. The summed E-state index contributed by atoms with van der Waals surface area (Å²) in [5.74, 6) is 0. The largest absolute Gasteiger partial charge is 0.365 e. The number of likely N-dealkylation sites (N-methyl/N-ethyl adjacent to an activating group) is 1. The number of hydrogen-bond donors (Lipinski definition) is 1. The van der Waals surface area contributed by atoms with Crippen LogP contribution in [0.25, 0.3) is 0 Å². The molecule has 19 heavy (non-hydrogen) atoms. The molecular weight excluding hydrogens is 254 g/mol. The lowest BCUT2D eigenvalue weighted by Gasteiger charge is -2.32. The highest BCUT2D eigenvalue weighted by atomic mass is 32.1. The molecule has 2 unspecified atom stereocenters. The molecule has 0 radical (unpaired) electrons. The standard InChI is InChI=1S/C15H17N3S/c1-11(17)15(14-4-3-9-19-14)18(2)13-7-5-12(10-16)6-8-13/h3-9,11,15H,17H2,1-2H3. The van der Waals surface area contributed by atoms with Crippen LogP contribution in [0.4, 0.5) is 5.69 Å². The lowest BCUT2D eigenvalue weighted by Crippen LogP contribution is -2.36. The van der Waals surface area contributed by atoms with E-state index >= 15 is 0 Å². The Labute approximate surface area is 117 Å². The fraction of sp³-hybridized carbons (Fsp3) is 0.267. The minimum absolute atomic E-state index is 0.0271. The van der Waals surface area contributed by atoms with Crippen molar-refractivity contribution in [2.45, 2.75) is 19.0 Å². The summed E-state index contributed by atoms with van der Waals surface area (Å²) in [6.07, 6.45) is 0. The van der Waals surface area contributed by atoms with Crippen LogP contribution in [0.15, 0.2) is 41.8 Å². The van der Waals surface area contributed by atoms with E-state index in [1.54, 1.807) is 11.3 Å². The maximum Gasteiger partial charge on any atom is 0.0991 e. The number of anilines is 1. The van der Waals surface area contributed by atoms with Crippen molar-refractivity contribution in [3.63, 3.8) is 0 Å². The molecule has 0 saturated carbocycles. The third-order valence-electron chi connectivity index (χ3n) is 3.15. The minimum atomic E-state index is 0.0271. The predicted molar refractivity (Wildman–Crippen MR) is 80.3 cm³/mol. The highest BCUT2D eigenvalue weighted by molar-refractivity contribution is 7.10. The van der Waals surface area contributed by atoms with Crippen molar-refractivity contribution in [2.75, 3.05) is 11.9 Å². The highest BCUT2D eigenvalue weighted by Gasteiger charge is 2.22. The molecule has 2 rings (SSSR count). The zero-order chi connectivity index (χ0) is 13.8. The van der Waals surface area contributed by atoms with Gasteiger partial charge in [0.1, 0.15) is 0 Å². The Balaban J connectivity index is 2.29. The molecule has 0 aliphatic carbocycles. The molecule has 3 nitrogen and oxygen atoms in total. The van der Waals surface area contributed by atoms with E-state index in [-0.39, 0.29) is 12.1 Å². The summed E-state index contributed by atoms with van der Waals surface area (Å²) in [5, 5.41) is 10.9. The fourth-order valence-electron chi connectivity index (χ4n) is 2.19. The van der Waals surface area contributed by atoms with Crippen molar-refractivity contribution < 1.29 is 0 Å². The molecule has 0 bridgehead atoms. The summed E-state index contributed by atoms with van der Waals surface area (Å²) in [4.78, 5) is 3.42. The van der Waals surface area contributed by atoms with Gasteiger partial charge in [0.15, 0.2) is 0 Å². The quantitative estimate of drug-likeness (QED) is 0.929. The maximum atomic E-state index is 8.83. The first-order chi connectivity index (χ1) is 9.13. The molecule has 2 aromatic rings. The average Bonchev–Trinajstić information content (AvgIpc) is 2.92. The summed E-state index contributed by atoms with van der Waals surface area (Å²) in [7, 11) is 2.04. The van der Waals surface area contributed by atoms with Crippen LogP contribution in [0.2, 0.25) is 0 Å². The van der Waals surface area contributed by atoms with Gasteiger partial charge in [0.2, 0.25) is 0 Å². The second kappa shape index (κ2) is 5.87. The molecule has 0 fully saturated rings. The molecular formula is C15H17N3S. The molecule has 1 aromatic heterocycles. The molecule has 1 heterocycles. The van der Waals surface area contributed by atoms with E-state index in [2.05, 4.69) is 22.4 Å². The Kier molecular flexibility index (Phi) is 4.20. The van der Waals surface area contributed by atoms with E-state index < -0.39 is 0 Å². The van der Waals surface area contributed by atoms with Gasteiger partial charge in [0.25, 0.3) is 0 Å². The van der Waals surface area contributed by atoms with Crippen molar-refractivity contribution in [1.82, 2.24) is 0 Å². The molecule has 0 spiro atoms. The number of nitrogens with two attached hydrogens (primary N) is 1. The van der Waals surface area contributed by atoms with E-state index in [0.717, 1.165) is 5.69 Å². The Morgan fingerprint density at radius 1 is 1.26 bits per heavy atom. The third-order valence-corrected chi connectivity index (χ3v) is 4.10. The fourth-order valence-corrected chi connectivity index (χ4v) is 3.18. The maximum absolute atomic E-state index is 8.83. The van der Waals surface area contributed by atoms with Gasteiger partial charge in [0.05, 0.1) is 17.7 Å². The van der Waals surface area contributed by atoms with Gasteiger partial charge >= 0.3 is 0 Å². The van der Waals surface area contributed by atoms with Crippen LogP contribution in [-0.4, -0.2) is 13.1 Å². The van der Waals surface area contributed by atoms with Gasteiger partial charge in [-0.05, 0) is 42.6 Å². The van der Waals surface area contributed by atoms with Crippen molar-refractivity contribution in [3.05, 3.63) is 52.2 Å². The monoisotopic (exact) mass is 271 g/mol. The first-order valence-electron chi connectivity index (χ1n) is 6.15. The number of nitrogens with zero attached hydrogens (tertiary/aromatic N) is 2. The summed E-state index contributed by atoms with van der Waals surface area (Å²) >= 11 is 1.72. The summed E-state index contributed by atoms with van der Waals surface area (Å²) in [6.45, 7) is 2.02. The van der Waals surface area contributed by atoms with E-state index in [1.165, 1.54) is 4.88 Å². The Hall–Kier alpha value is -1.83. The molecule has 0 aliphatic heterocycles. The van der Waals surface area contributed by atoms with Gasteiger partial charge in [-0.3, -0.25) is 0 Å². The lowest BCUT2D eigenvalue weighted by molar-refractivity contribution is 0.566. The molecule has 2 N–H and O–H groups in total. The van der Waals surface area contributed by atoms with Crippen molar-refractivity contribution in [3.8, 4) is 6.07 Å². The molecule has 4 heteroatoms. The zero-order valence-electron chi connectivity index (χ0n) is 11.1. The Morgan fingerprint density at radius 3 is 2.42 bits per heavy atom. The topological polar surface area (TPSA) is 53.0 Å². The predicted octanol–water partition coefficient (Wildman–Crippen LogP) is 3.14. The van der Waals surface area contributed by atoms with Gasteiger partial charge in [0, 0.05) is 23.7 Å². The summed E-state index contributed by atoms with van der Waals surface area (Å²) < 4.78 is 0.